The van der Waals surface area contributed by atoms with Crippen LogP contribution in [-0.4, -0.2) is 56.4 Å². The molecule has 0 radical (unpaired) electrons. The lowest BCUT2D eigenvalue weighted by molar-refractivity contribution is 0.0597. The van der Waals surface area contributed by atoms with E-state index in [1.165, 1.54) is 0 Å². The van der Waals surface area contributed by atoms with Gasteiger partial charge in [-0.25, -0.2) is 8.42 Å². The summed E-state index contributed by atoms with van der Waals surface area (Å²) in [6, 6.07) is 11.8. The Labute approximate surface area is 201 Å². The Bertz CT molecular complexity index is 1080. The molecule has 8 heteroatoms. The molecule has 2 aromatic carbocycles. The summed E-state index contributed by atoms with van der Waals surface area (Å²) in [6.07, 6.45) is 2.52. The van der Waals surface area contributed by atoms with E-state index >= 15 is 0 Å². The van der Waals surface area contributed by atoms with Crippen LogP contribution in [0.25, 0.3) is 0 Å². The largest absolute Gasteiger partial charge is 0.490 e. The van der Waals surface area contributed by atoms with Crippen molar-refractivity contribution < 1.29 is 27.4 Å². The summed E-state index contributed by atoms with van der Waals surface area (Å²) in [5.41, 5.74) is 0.469. The van der Waals surface area contributed by atoms with Crippen LogP contribution in [0.1, 0.15) is 56.8 Å². The number of piperidine rings is 1. The summed E-state index contributed by atoms with van der Waals surface area (Å²) >= 11 is 0. The zero-order chi connectivity index (χ0) is 24.3. The number of hydrogen-bond acceptors (Lipinski definition) is 6. The van der Waals surface area contributed by atoms with Crippen LogP contribution in [0, 0.1) is 0 Å². The summed E-state index contributed by atoms with van der Waals surface area (Å²) in [5.74, 6) is 1.34. The van der Waals surface area contributed by atoms with Crippen molar-refractivity contribution in [2.45, 2.75) is 68.7 Å². The molecule has 2 bridgehead atoms. The smallest absolute Gasteiger partial charge is 0.254 e. The van der Waals surface area contributed by atoms with Gasteiger partial charge >= 0.3 is 0 Å². The molecule has 4 rings (SSSR count). The molecule has 2 aliphatic heterocycles. The fourth-order valence-electron chi connectivity index (χ4n) is 5.18. The van der Waals surface area contributed by atoms with Crippen LogP contribution in [-0.2, 0) is 9.84 Å². The van der Waals surface area contributed by atoms with Crippen LogP contribution in [0.5, 0.6) is 17.2 Å². The molecular formula is C26H33NO6S. The van der Waals surface area contributed by atoms with Crippen LogP contribution in [0.3, 0.4) is 0 Å². The SMILES string of the molecule is CCOc1cc(C(=O)N2C3CCC2CC(S(=O)(=O)c2ccccc2)C3)cc(OCC)c1OCC. The minimum atomic E-state index is -3.44. The number of amides is 1. The monoisotopic (exact) mass is 487 g/mol. The number of ether oxygens (including phenoxy) is 3. The molecule has 7 nitrogen and oxygen atoms in total. The topological polar surface area (TPSA) is 82.1 Å². The van der Waals surface area contributed by atoms with Crippen molar-refractivity contribution in [1.29, 1.82) is 0 Å². The second kappa shape index (κ2) is 10.3. The first-order valence-electron chi connectivity index (χ1n) is 12.1. The lowest BCUT2D eigenvalue weighted by Crippen LogP contribution is -2.49. The van der Waals surface area contributed by atoms with Gasteiger partial charge in [0.25, 0.3) is 5.91 Å². The molecule has 2 saturated heterocycles. The van der Waals surface area contributed by atoms with E-state index in [0.29, 0.717) is 60.4 Å². The van der Waals surface area contributed by atoms with E-state index in [1.807, 2.05) is 31.7 Å². The lowest BCUT2D eigenvalue weighted by Gasteiger charge is -2.39. The zero-order valence-electron chi connectivity index (χ0n) is 20.0. The molecular weight excluding hydrogens is 454 g/mol. The van der Waals surface area contributed by atoms with E-state index in [9.17, 15) is 13.2 Å². The number of fused-ring (bicyclic) bond motifs is 2. The van der Waals surface area contributed by atoms with Crippen molar-refractivity contribution in [2.75, 3.05) is 19.8 Å². The van der Waals surface area contributed by atoms with E-state index in [-0.39, 0.29) is 18.0 Å². The molecule has 2 aliphatic rings. The highest BCUT2D eigenvalue weighted by molar-refractivity contribution is 7.92. The normalized spacial score (nSPS) is 21.9. The average molecular weight is 488 g/mol. The first kappa shape index (κ1) is 24.4. The summed E-state index contributed by atoms with van der Waals surface area (Å²) in [4.78, 5) is 15.9. The minimum Gasteiger partial charge on any atom is -0.490 e. The Morgan fingerprint density at radius 2 is 1.41 bits per heavy atom. The molecule has 2 heterocycles. The van der Waals surface area contributed by atoms with Gasteiger partial charge < -0.3 is 19.1 Å². The third-order valence-corrected chi connectivity index (χ3v) is 8.78. The predicted molar refractivity (Wildman–Crippen MR) is 130 cm³/mol. The highest BCUT2D eigenvalue weighted by Crippen LogP contribution is 2.43. The molecule has 2 unspecified atom stereocenters. The second-order valence-electron chi connectivity index (χ2n) is 8.65. The van der Waals surface area contributed by atoms with Gasteiger partial charge in [-0.05, 0) is 70.7 Å². The summed E-state index contributed by atoms with van der Waals surface area (Å²) in [7, 11) is -3.44. The van der Waals surface area contributed by atoms with Gasteiger partial charge in [0.15, 0.2) is 21.3 Å². The van der Waals surface area contributed by atoms with Crippen LogP contribution in [0.4, 0.5) is 0 Å². The maximum absolute atomic E-state index is 13.7. The first-order chi connectivity index (χ1) is 16.4. The average Bonchev–Trinajstić information content (AvgIpc) is 3.09. The minimum absolute atomic E-state index is 0.104. The summed E-state index contributed by atoms with van der Waals surface area (Å²) in [6.45, 7) is 6.94. The lowest BCUT2D eigenvalue weighted by atomic mass is 10.0. The zero-order valence-corrected chi connectivity index (χ0v) is 20.8. The molecule has 0 aliphatic carbocycles. The first-order valence-corrected chi connectivity index (χ1v) is 13.6. The Morgan fingerprint density at radius 3 is 1.91 bits per heavy atom. The van der Waals surface area contributed by atoms with Crippen molar-refractivity contribution in [3.05, 3.63) is 48.0 Å². The van der Waals surface area contributed by atoms with Gasteiger partial charge in [-0.15, -0.1) is 0 Å². The van der Waals surface area contributed by atoms with Crippen molar-refractivity contribution in [1.82, 2.24) is 4.90 Å². The van der Waals surface area contributed by atoms with Gasteiger partial charge in [0.1, 0.15) is 0 Å². The Balaban J connectivity index is 1.61. The van der Waals surface area contributed by atoms with Crippen LogP contribution < -0.4 is 14.2 Å². The quantitative estimate of drug-likeness (QED) is 0.518. The second-order valence-corrected chi connectivity index (χ2v) is 10.9. The van der Waals surface area contributed by atoms with Crippen LogP contribution in [0.2, 0.25) is 0 Å². The van der Waals surface area contributed by atoms with Gasteiger partial charge in [0, 0.05) is 17.6 Å². The fourth-order valence-corrected chi connectivity index (χ4v) is 7.05. The standard InChI is InChI=1S/C26H33NO6S/c1-4-31-23-14-18(15-24(32-5-2)25(23)33-6-3)26(28)27-19-12-13-20(27)17-22(16-19)34(29,30)21-10-8-7-9-11-21/h7-11,14-15,19-20,22H,4-6,12-13,16-17H2,1-3H3. The summed E-state index contributed by atoms with van der Waals surface area (Å²) in [5, 5.41) is -0.477. The molecule has 34 heavy (non-hydrogen) atoms. The van der Waals surface area contributed by atoms with Gasteiger partial charge in [0.05, 0.1) is 30.0 Å². The Hall–Kier alpha value is -2.74. The molecule has 2 atom stereocenters. The molecule has 0 saturated carbocycles. The maximum Gasteiger partial charge on any atom is 0.254 e. The molecule has 2 fully saturated rings. The number of benzene rings is 2. The number of hydrogen-bond donors (Lipinski definition) is 0. The fraction of sp³-hybridized carbons (Fsp3) is 0.500. The maximum atomic E-state index is 13.7. The Morgan fingerprint density at radius 1 is 0.882 bits per heavy atom. The third-order valence-electron chi connectivity index (χ3n) is 6.59. The Kier molecular flexibility index (Phi) is 7.36. The number of nitrogens with zero attached hydrogens (tertiary/aromatic N) is 1. The highest BCUT2D eigenvalue weighted by Gasteiger charge is 2.47. The van der Waals surface area contributed by atoms with E-state index in [0.717, 1.165) is 12.8 Å². The molecule has 0 aromatic heterocycles. The van der Waals surface area contributed by atoms with E-state index in [1.54, 1.807) is 36.4 Å². The van der Waals surface area contributed by atoms with E-state index in [2.05, 4.69) is 0 Å². The van der Waals surface area contributed by atoms with Gasteiger partial charge in [-0.2, -0.15) is 0 Å². The van der Waals surface area contributed by atoms with Gasteiger partial charge in [0.2, 0.25) is 5.75 Å². The highest BCUT2D eigenvalue weighted by atomic mass is 32.2. The molecule has 0 spiro atoms. The number of rotatable bonds is 9. The molecule has 184 valence electrons. The van der Waals surface area contributed by atoms with Crippen molar-refractivity contribution in [3.8, 4) is 17.2 Å². The number of sulfone groups is 1. The molecule has 2 aromatic rings. The summed E-state index contributed by atoms with van der Waals surface area (Å²) < 4.78 is 43.8. The van der Waals surface area contributed by atoms with Crippen LogP contribution in [0.15, 0.2) is 47.4 Å². The van der Waals surface area contributed by atoms with Gasteiger partial charge in [-0.3, -0.25) is 4.79 Å². The van der Waals surface area contributed by atoms with Crippen molar-refractivity contribution >= 4 is 15.7 Å². The van der Waals surface area contributed by atoms with Crippen LogP contribution >= 0.6 is 0 Å². The van der Waals surface area contributed by atoms with Crippen molar-refractivity contribution in [3.63, 3.8) is 0 Å². The van der Waals surface area contributed by atoms with E-state index < -0.39 is 15.1 Å². The van der Waals surface area contributed by atoms with Gasteiger partial charge in [-0.1, -0.05) is 18.2 Å². The van der Waals surface area contributed by atoms with E-state index in [4.69, 9.17) is 14.2 Å². The van der Waals surface area contributed by atoms with Crippen molar-refractivity contribution in [2.24, 2.45) is 0 Å². The molecule has 1 amide bonds. The molecule has 0 N–H and O–H groups in total. The number of carbonyl (C=O) groups excluding carboxylic acids is 1. The predicted octanol–water partition coefficient (Wildman–Crippen LogP) is 4.49. The third kappa shape index (κ3) is 4.60. The number of carbonyl (C=O) groups is 1.